The molecule has 0 saturated heterocycles. The number of ether oxygens (including phenoxy) is 2. The number of alkyl halides is 6. The lowest BCUT2D eigenvalue weighted by Crippen LogP contribution is -2.41. The molecule has 2 bridgehead atoms. The molecule has 4 atom stereocenters. The molecule has 10 heteroatoms. The molecule has 26 heavy (non-hydrogen) atoms. The first-order valence-electron chi connectivity index (χ1n) is 7.33. The third kappa shape index (κ3) is 3.15. The fourth-order valence-electron chi connectivity index (χ4n) is 3.21. The summed E-state index contributed by atoms with van der Waals surface area (Å²) in [6.45, 7) is 0. The van der Waals surface area contributed by atoms with Crippen molar-refractivity contribution in [1.29, 1.82) is 0 Å². The molecule has 0 heterocycles. The predicted molar refractivity (Wildman–Crippen MR) is 72.6 cm³/mol. The van der Waals surface area contributed by atoms with Crippen molar-refractivity contribution < 1.29 is 45.4 Å². The Morgan fingerprint density at radius 2 is 1.35 bits per heavy atom. The lowest BCUT2D eigenvalue weighted by molar-refractivity contribution is -0.216. The van der Waals surface area contributed by atoms with Gasteiger partial charge in [-0.25, -0.2) is 9.59 Å². The molecule has 0 aliphatic heterocycles. The largest absolute Gasteiger partial charge is 0.490 e. The van der Waals surface area contributed by atoms with E-state index in [1.807, 2.05) is 0 Å². The van der Waals surface area contributed by atoms with Gasteiger partial charge in [0.15, 0.2) is 0 Å². The Labute approximate surface area is 142 Å². The SMILES string of the molecule is O=C(O[C@H]1[C@@H]2C=C[C@H]1c1ccccc1[C@H]2OC(=O)C(F)(F)F)C(F)(F)F. The highest BCUT2D eigenvalue weighted by Gasteiger charge is 2.53. The Morgan fingerprint density at radius 3 is 1.92 bits per heavy atom. The van der Waals surface area contributed by atoms with Gasteiger partial charge in [0.05, 0.1) is 5.92 Å². The maximum absolute atomic E-state index is 12.6. The van der Waals surface area contributed by atoms with Crippen LogP contribution < -0.4 is 0 Å². The highest BCUT2D eigenvalue weighted by molar-refractivity contribution is 5.77. The van der Waals surface area contributed by atoms with Crippen molar-refractivity contribution in [2.75, 3.05) is 0 Å². The van der Waals surface area contributed by atoms with Crippen LogP contribution in [0.2, 0.25) is 0 Å². The van der Waals surface area contributed by atoms with Crippen LogP contribution in [0.5, 0.6) is 0 Å². The van der Waals surface area contributed by atoms with Crippen LogP contribution in [0.1, 0.15) is 23.1 Å². The Kier molecular flexibility index (Phi) is 4.24. The normalized spacial score (nSPS) is 27.0. The third-order valence-corrected chi connectivity index (χ3v) is 4.23. The number of fused-ring (bicyclic) bond motifs is 4. The van der Waals surface area contributed by atoms with Crippen LogP contribution in [-0.2, 0) is 19.1 Å². The first-order chi connectivity index (χ1) is 12.0. The molecule has 1 aromatic rings. The van der Waals surface area contributed by atoms with Crippen LogP contribution in [0.15, 0.2) is 36.4 Å². The standard InChI is InChI=1S/C16H10F6O4/c17-15(18,19)13(23)25-11-8-4-2-1-3-7(8)9-5-6-10(11)12(9)26-14(24)16(20,21)22/h1-6,9-12H/t9-,10+,11+,12+/m0/s1. The molecule has 0 N–H and O–H groups in total. The maximum atomic E-state index is 12.6. The van der Waals surface area contributed by atoms with E-state index in [1.54, 1.807) is 0 Å². The van der Waals surface area contributed by atoms with Gasteiger partial charge in [0.2, 0.25) is 0 Å². The third-order valence-electron chi connectivity index (χ3n) is 4.23. The van der Waals surface area contributed by atoms with Crippen molar-refractivity contribution >= 4 is 11.9 Å². The smallest absolute Gasteiger partial charge is 0.454 e. The fourth-order valence-corrected chi connectivity index (χ4v) is 3.21. The van der Waals surface area contributed by atoms with Crippen molar-refractivity contribution in [1.82, 2.24) is 0 Å². The van der Waals surface area contributed by atoms with Crippen LogP contribution in [0, 0.1) is 5.92 Å². The van der Waals surface area contributed by atoms with E-state index in [-0.39, 0.29) is 5.56 Å². The van der Waals surface area contributed by atoms with Crippen LogP contribution in [0.25, 0.3) is 0 Å². The van der Waals surface area contributed by atoms with Crippen molar-refractivity contribution in [3.05, 3.63) is 47.5 Å². The van der Waals surface area contributed by atoms with Gasteiger partial charge >= 0.3 is 24.3 Å². The van der Waals surface area contributed by atoms with Gasteiger partial charge in [-0.05, 0) is 11.1 Å². The van der Waals surface area contributed by atoms with E-state index < -0.39 is 48.3 Å². The number of carbonyl (C=O) groups is 2. The van der Waals surface area contributed by atoms with Crippen molar-refractivity contribution in [2.24, 2.45) is 5.92 Å². The highest BCUT2D eigenvalue weighted by atomic mass is 19.4. The summed E-state index contributed by atoms with van der Waals surface area (Å²) in [4.78, 5) is 22.4. The van der Waals surface area contributed by atoms with Gasteiger partial charge < -0.3 is 9.47 Å². The second-order valence-corrected chi connectivity index (χ2v) is 5.81. The lowest BCUT2D eigenvalue weighted by Gasteiger charge is -2.37. The zero-order valence-corrected chi connectivity index (χ0v) is 12.7. The summed E-state index contributed by atoms with van der Waals surface area (Å²) in [6, 6.07) is 5.90. The summed E-state index contributed by atoms with van der Waals surface area (Å²) in [5.41, 5.74) is 0.557. The molecule has 0 radical (unpaired) electrons. The summed E-state index contributed by atoms with van der Waals surface area (Å²) in [7, 11) is 0. The molecule has 0 fully saturated rings. The van der Waals surface area contributed by atoms with Crippen LogP contribution in [-0.4, -0.2) is 30.4 Å². The highest BCUT2D eigenvalue weighted by Crippen LogP contribution is 2.50. The van der Waals surface area contributed by atoms with E-state index in [1.165, 1.54) is 36.4 Å². The molecule has 140 valence electrons. The number of hydrogen-bond acceptors (Lipinski definition) is 4. The fraction of sp³-hybridized carbons (Fsp3) is 0.375. The van der Waals surface area contributed by atoms with Crippen LogP contribution in [0.3, 0.4) is 0 Å². The van der Waals surface area contributed by atoms with E-state index in [9.17, 15) is 35.9 Å². The van der Waals surface area contributed by atoms with E-state index >= 15 is 0 Å². The Hall–Kier alpha value is -2.52. The molecule has 1 aromatic carbocycles. The second-order valence-electron chi connectivity index (χ2n) is 5.81. The van der Waals surface area contributed by atoms with Crippen molar-refractivity contribution in [2.45, 2.75) is 30.5 Å². The molecule has 0 saturated carbocycles. The van der Waals surface area contributed by atoms with E-state index in [0.29, 0.717) is 5.56 Å². The minimum Gasteiger partial charge on any atom is -0.454 e. The van der Waals surface area contributed by atoms with Gasteiger partial charge in [-0.2, -0.15) is 26.3 Å². The van der Waals surface area contributed by atoms with Gasteiger partial charge in [-0.1, -0.05) is 36.4 Å². The number of carbonyl (C=O) groups excluding carboxylic acids is 2. The summed E-state index contributed by atoms with van der Waals surface area (Å²) in [6.07, 6.45) is -10.8. The van der Waals surface area contributed by atoms with Gasteiger partial charge in [0.1, 0.15) is 12.2 Å². The second kappa shape index (κ2) is 6.03. The molecule has 2 aliphatic rings. The average molecular weight is 380 g/mol. The van der Waals surface area contributed by atoms with E-state index in [0.717, 1.165) is 0 Å². The van der Waals surface area contributed by atoms with E-state index in [2.05, 4.69) is 9.47 Å². The summed E-state index contributed by atoms with van der Waals surface area (Å²) in [5.74, 6) is -6.87. The molecule has 2 aliphatic carbocycles. The Morgan fingerprint density at radius 1 is 0.808 bits per heavy atom. The minimum absolute atomic E-state index is 0.226. The summed E-state index contributed by atoms with van der Waals surface area (Å²) >= 11 is 0. The molecule has 0 unspecified atom stereocenters. The predicted octanol–water partition coefficient (Wildman–Crippen LogP) is 3.59. The van der Waals surface area contributed by atoms with Crippen molar-refractivity contribution in [3.8, 4) is 0 Å². The van der Waals surface area contributed by atoms with Gasteiger partial charge in [0.25, 0.3) is 0 Å². The first-order valence-corrected chi connectivity index (χ1v) is 7.33. The number of rotatable bonds is 2. The lowest BCUT2D eigenvalue weighted by atomic mass is 9.77. The molecule has 0 aromatic heterocycles. The summed E-state index contributed by atoms with van der Waals surface area (Å²) in [5, 5.41) is 0. The van der Waals surface area contributed by atoms with Gasteiger partial charge in [-0.3, -0.25) is 0 Å². The zero-order chi connectivity index (χ0) is 19.3. The van der Waals surface area contributed by atoms with Crippen molar-refractivity contribution in [3.63, 3.8) is 0 Å². The average Bonchev–Trinajstić information content (AvgIpc) is 2.86. The molecular weight excluding hydrogens is 370 g/mol. The Balaban J connectivity index is 1.96. The van der Waals surface area contributed by atoms with Gasteiger partial charge in [0, 0.05) is 5.92 Å². The molecule has 0 spiro atoms. The van der Waals surface area contributed by atoms with Crippen LogP contribution in [0.4, 0.5) is 26.3 Å². The Bertz CT molecular complexity index is 767. The number of esters is 2. The quantitative estimate of drug-likeness (QED) is 0.447. The molecule has 3 rings (SSSR count). The number of hydrogen-bond donors (Lipinski definition) is 0. The monoisotopic (exact) mass is 380 g/mol. The molecule has 4 nitrogen and oxygen atoms in total. The first kappa shape index (κ1) is 18.3. The van der Waals surface area contributed by atoms with Crippen LogP contribution >= 0.6 is 0 Å². The topological polar surface area (TPSA) is 52.6 Å². The number of halogens is 6. The van der Waals surface area contributed by atoms with Gasteiger partial charge in [-0.15, -0.1) is 0 Å². The molecular formula is C16H10F6O4. The number of benzene rings is 1. The summed E-state index contributed by atoms with van der Waals surface area (Å²) < 4.78 is 84.2. The minimum atomic E-state index is -5.27. The maximum Gasteiger partial charge on any atom is 0.490 e. The molecule has 0 amide bonds. The van der Waals surface area contributed by atoms with E-state index in [4.69, 9.17) is 0 Å². The zero-order valence-electron chi connectivity index (χ0n) is 12.7.